The van der Waals surface area contributed by atoms with Crippen molar-refractivity contribution in [3.63, 3.8) is 0 Å². The molecule has 2 aromatic carbocycles. The van der Waals surface area contributed by atoms with Crippen molar-refractivity contribution in [1.29, 1.82) is 0 Å². The van der Waals surface area contributed by atoms with Gasteiger partial charge in [-0.15, -0.1) is 0 Å². The first-order chi connectivity index (χ1) is 11.3. The smallest absolute Gasteiger partial charge is 0.410 e. The molecule has 24 heavy (non-hydrogen) atoms. The predicted molar refractivity (Wildman–Crippen MR) is 85.3 cm³/mol. The predicted octanol–water partition coefficient (Wildman–Crippen LogP) is 3.32. The average Bonchev–Trinajstić information content (AvgIpc) is 2.51. The van der Waals surface area contributed by atoms with Gasteiger partial charge in [0.1, 0.15) is 17.4 Å². The minimum absolute atomic E-state index is 0.0715. The molecule has 1 amide bonds. The number of benzene rings is 2. The van der Waals surface area contributed by atoms with E-state index in [4.69, 9.17) is 4.74 Å². The molecule has 2 aromatic rings. The standard InChI is InChI=1S/C17H16F2N2O3/c1-21(2)10-16(22)11-3-6-13(7-4-11)24-17(23)20-15-9-12(18)5-8-14(15)19/h3-9H,10H2,1-2H3,(H,20,23). The molecule has 0 heterocycles. The molecule has 5 nitrogen and oxygen atoms in total. The van der Waals surface area contributed by atoms with Crippen LogP contribution in [-0.4, -0.2) is 37.4 Å². The number of halogens is 2. The molecule has 0 aliphatic heterocycles. The summed E-state index contributed by atoms with van der Waals surface area (Å²) in [6, 6.07) is 8.63. The van der Waals surface area contributed by atoms with E-state index in [9.17, 15) is 18.4 Å². The molecule has 0 bridgehead atoms. The molecule has 0 spiro atoms. The first-order valence-electron chi connectivity index (χ1n) is 7.07. The largest absolute Gasteiger partial charge is 0.417 e. The topological polar surface area (TPSA) is 58.6 Å². The highest BCUT2D eigenvalue weighted by atomic mass is 19.1. The van der Waals surface area contributed by atoms with Crippen molar-refractivity contribution in [2.45, 2.75) is 0 Å². The zero-order chi connectivity index (χ0) is 17.7. The van der Waals surface area contributed by atoms with E-state index >= 15 is 0 Å². The van der Waals surface area contributed by atoms with Gasteiger partial charge in [0.15, 0.2) is 5.78 Å². The number of anilines is 1. The number of amides is 1. The number of Topliss-reactive ketones (excluding diaryl/α,β-unsaturated/α-hetero) is 1. The van der Waals surface area contributed by atoms with Gasteiger partial charge < -0.3 is 9.64 Å². The van der Waals surface area contributed by atoms with Crippen LogP contribution in [0.5, 0.6) is 5.75 Å². The van der Waals surface area contributed by atoms with Gasteiger partial charge in [0.2, 0.25) is 0 Å². The molecule has 126 valence electrons. The van der Waals surface area contributed by atoms with Gasteiger partial charge in [0.05, 0.1) is 12.2 Å². The summed E-state index contributed by atoms with van der Waals surface area (Å²) >= 11 is 0. The molecule has 7 heteroatoms. The van der Waals surface area contributed by atoms with Crippen LogP contribution in [0, 0.1) is 11.6 Å². The number of likely N-dealkylation sites (N-methyl/N-ethyl adjacent to an activating group) is 1. The first-order valence-corrected chi connectivity index (χ1v) is 7.07. The van der Waals surface area contributed by atoms with Crippen LogP contribution in [-0.2, 0) is 0 Å². The third-order valence-electron chi connectivity index (χ3n) is 3.01. The summed E-state index contributed by atoms with van der Waals surface area (Å²) in [5.41, 5.74) is 0.158. The van der Waals surface area contributed by atoms with E-state index in [1.54, 1.807) is 19.0 Å². The summed E-state index contributed by atoms with van der Waals surface area (Å²) in [5, 5.41) is 2.11. The number of rotatable bonds is 5. The normalized spacial score (nSPS) is 10.5. The lowest BCUT2D eigenvalue weighted by Crippen LogP contribution is -2.21. The zero-order valence-corrected chi connectivity index (χ0v) is 13.2. The Balaban J connectivity index is 1.99. The van der Waals surface area contributed by atoms with Crippen LogP contribution in [0.2, 0.25) is 0 Å². The molecule has 0 fully saturated rings. The highest BCUT2D eigenvalue weighted by Gasteiger charge is 2.11. The summed E-state index contributed by atoms with van der Waals surface area (Å²) in [6.45, 7) is 0.263. The lowest BCUT2D eigenvalue weighted by molar-refractivity contribution is 0.0958. The van der Waals surface area contributed by atoms with E-state index in [0.29, 0.717) is 5.56 Å². The molecule has 0 aliphatic rings. The number of hydrogen-bond donors (Lipinski definition) is 1. The summed E-state index contributed by atoms with van der Waals surface area (Å²) in [5.74, 6) is -1.36. The maximum Gasteiger partial charge on any atom is 0.417 e. The van der Waals surface area contributed by atoms with E-state index in [-0.39, 0.29) is 23.8 Å². The van der Waals surface area contributed by atoms with Gasteiger partial charge in [-0.05, 0) is 50.5 Å². The quantitative estimate of drug-likeness (QED) is 0.852. The molecule has 0 unspecified atom stereocenters. The third-order valence-corrected chi connectivity index (χ3v) is 3.01. The highest BCUT2D eigenvalue weighted by Crippen LogP contribution is 2.17. The lowest BCUT2D eigenvalue weighted by atomic mass is 10.1. The number of hydrogen-bond acceptors (Lipinski definition) is 4. The van der Waals surface area contributed by atoms with Crippen LogP contribution in [0.25, 0.3) is 0 Å². The number of nitrogens with one attached hydrogen (secondary N) is 1. The fraction of sp³-hybridized carbons (Fsp3) is 0.176. The van der Waals surface area contributed by atoms with Crippen molar-refractivity contribution in [2.75, 3.05) is 26.0 Å². The second kappa shape index (κ2) is 7.65. The average molecular weight is 334 g/mol. The Bertz CT molecular complexity index is 746. The van der Waals surface area contributed by atoms with Gasteiger partial charge >= 0.3 is 6.09 Å². The molecule has 0 saturated carbocycles. The van der Waals surface area contributed by atoms with Gasteiger partial charge in [-0.3, -0.25) is 10.1 Å². The number of carbonyl (C=O) groups excluding carboxylic acids is 2. The number of ketones is 1. The highest BCUT2D eigenvalue weighted by molar-refractivity contribution is 5.97. The van der Waals surface area contributed by atoms with Crippen LogP contribution in [0.4, 0.5) is 19.3 Å². The van der Waals surface area contributed by atoms with E-state index in [1.165, 1.54) is 24.3 Å². The molecule has 0 aliphatic carbocycles. The fourth-order valence-corrected chi connectivity index (χ4v) is 1.92. The Labute approximate surface area is 137 Å². The molecular weight excluding hydrogens is 318 g/mol. The van der Waals surface area contributed by atoms with Crippen LogP contribution in [0.1, 0.15) is 10.4 Å². The Morgan fingerprint density at radius 1 is 1.08 bits per heavy atom. The molecule has 0 radical (unpaired) electrons. The minimum atomic E-state index is -0.966. The van der Waals surface area contributed by atoms with E-state index in [1.807, 2.05) is 0 Å². The van der Waals surface area contributed by atoms with Crippen LogP contribution in [0.3, 0.4) is 0 Å². The van der Waals surface area contributed by atoms with Gasteiger partial charge in [-0.1, -0.05) is 0 Å². The third kappa shape index (κ3) is 4.85. The second-order valence-corrected chi connectivity index (χ2v) is 5.32. The summed E-state index contributed by atoms with van der Waals surface area (Å²) in [6.07, 6.45) is -0.966. The van der Waals surface area contributed by atoms with E-state index in [2.05, 4.69) is 5.32 Å². The Hall–Kier alpha value is -2.80. The lowest BCUT2D eigenvalue weighted by Gasteiger charge is -2.10. The Kier molecular flexibility index (Phi) is 5.59. The zero-order valence-electron chi connectivity index (χ0n) is 13.2. The molecule has 0 aromatic heterocycles. The number of ether oxygens (including phenoxy) is 1. The Morgan fingerprint density at radius 2 is 1.75 bits per heavy atom. The van der Waals surface area contributed by atoms with Crippen molar-refractivity contribution in [2.24, 2.45) is 0 Å². The van der Waals surface area contributed by atoms with Gasteiger partial charge in [-0.25, -0.2) is 13.6 Å². The van der Waals surface area contributed by atoms with Crippen molar-refractivity contribution in [3.8, 4) is 5.75 Å². The summed E-state index contributed by atoms with van der Waals surface area (Å²) in [4.78, 5) is 25.3. The monoisotopic (exact) mass is 334 g/mol. The maximum atomic E-state index is 13.4. The molecule has 0 atom stereocenters. The van der Waals surface area contributed by atoms with Gasteiger partial charge in [-0.2, -0.15) is 0 Å². The minimum Gasteiger partial charge on any atom is -0.410 e. The Morgan fingerprint density at radius 3 is 2.38 bits per heavy atom. The van der Waals surface area contributed by atoms with Crippen LogP contribution in [0.15, 0.2) is 42.5 Å². The van der Waals surface area contributed by atoms with Crippen LogP contribution >= 0.6 is 0 Å². The van der Waals surface area contributed by atoms with Crippen molar-refractivity contribution >= 4 is 17.6 Å². The number of nitrogens with zero attached hydrogens (tertiary/aromatic N) is 1. The molecule has 1 N–H and O–H groups in total. The van der Waals surface area contributed by atoms with E-state index in [0.717, 1.165) is 18.2 Å². The molecule has 2 rings (SSSR count). The first kappa shape index (κ1) is 17.6. The molecular formula is C17H16F2N2O3. The van der Waals surface area contributed by atoms with Crippen molar-refractivity contribution in [3.05, 3.63) is 59.7 Å². The SMILES string of the molecule is CN(C)CC(=O)c1ccc(OC(=O)Nc2cc(F)ccc2F)cc1. The number of carbonyl (C=O) groups is 2. The molecule has 0 saturated heterocycles. The summed E-state index contributed by atoms with van der Waals surface area (Å²) in [7, 11) is 3.57. The van der Waals surface area contributed by atoms with E-state index < -0.39 is 17.7 Å². The fourth-order valence-electron chi connectivity index (χ4n) is 1.92. The second-order valence-electron chi connectivity index (χ2n) is 5.32. The van der Waals surface area contributed by atoms with Gasteiger partial charge in [0.25, 0.3) is 0 Å². The van der Waals surface area contributed by atoms with Gasteiger partial charge in [0, 0.05) is 11.6 Å². The van der Waals surface area contributed by atoms with Crippen molar-refractivity contribution in [1.82, 2.24) is 4.90 Å². The van der Waals surface area contributed by atoms with Crippen LogP contribution < -0.4 is 10.1 Å². The summed E-state index contributed by atoms with van der Waals surface area (Å²) < 4.78 is 31.4. The van der Waals surface area contributed by atoms with Crippen molar-refractivity contribution < 1.29 is 23.1 Å². The maximum absolute atomic E-state index is 13.4.